The number of carbonyl (C=O) groups excluding carboxylic acids is 1. The predicted octanol–water partition coefficient (Wildman–Crippen LogP) is 3.06. The minimum atomic E-state index is -1.51. The van der Waals surface area contributed by atoms with Gasteiger partial charge in [-0.05, 0) is 99.2 Å². The molecule has 11 heteroatoms. The molecule has 230 valence electrons. The van der Waals surface area contributed by atoms with E-state index in [1.807, 2.05) is 0 Å². The summed E-state index contributed by atoms with van der Waals surface area (Å²) in [7, 11) is 0. The predicted molar refractivity (Wildman–Crippen MR) is 143 cm³/mol. The van der Waals surface area contributed by atoms with E-state index in [1.165, 1.54) is 5.57 Å². The van der Waals surface area contributed by atoms with Crippen LogP contribution in [0.25, 0.3) is 0 Å². The van der Waals surface area contributed by atoms with Gasteiger partial charge in [0.05, 0.1) is 24.4 Å². The van der Waals surface area contributed by atoms with Gasteiger partial charge in [-0.3, -0.25) is 4.79 Å². The molecule has 2 saturated heterocycles. The zero-order valence-electron chi connectivity index (χ0n) is 24.3. The first kappa shape index (κ1) is 29.3. The van der Waals surface area contributed by atoms with Gasteiger partial charge in [-0.1, -0.05) is 25.5 Å². The molecular weight excluding hydrogens is 534 g/mol. The minimum Gasteiger partial charge on any atom is -0.465 e. The average molecular weight is 580 g/mol. The van der Waals surface area contributed by atoms with Crippen molar-refractivity contribution in [2.45, 2.75) is 127 Å². The Morgan fingerprint density at radius 1 is 1.00 bits per heavy atom. The summed E-state index contributed by atoms with van der Waals surface area (Å²) in [6.07, 6.45) is 3.95. The highest BCUT2D eigenvalue weighted by molar-refractivity contribution is 5.70. The Kier molecular flexibility index (Phi) is 7.45. The molecule has 3 N–H and O–H groups in total. The second kappa shape index (κ2) is 10.4. The van der Waals surface area contributed by atoms with E-state index in [0.717, 1.165) is 51.4 Å². The van der Waals surface area contributed by atoms with Crippen molar-refractivity contribution in [2.75, 3.05) is 6.61 Å². The summed E-state index contributed by atoms with van der Waals surface area (Å²) in [4.78, 5) is 27.2. The van der Waals surface area contributed by atoms with Crippen LogP contribution < -0.4 is 0 Å². The van der Waals surface area contributed by atoms with Crippen LogP contribution in [0.15, 0.2) is 11.6 Å². The summed E-state index contributed by atoms with van der Waals surface area (Å²) < 4.78 is 17.3. The highest BCUT2D eigenvalue weighted by Crippen LogP contribution is 2.69. The second-order valence-corrected chi connectivity index (χ2v) is 14.1. The number of nitrogens with zero attached hydrogens (tertiary/aromatic N) is 1. The van der Waals surface area contributed by atoms with E-state index < -0.39 is 41.4 Å². The zero-order chi connectivity index (χ0) is 29.3. The molecule has 41 heavy (non-hydrogen) atoms. The molecule has 0 unspecified atom stereocenters. The standard InChI is InChI=1S/C30H45NO10/c1-16-24(33)26(41-31(36)37)25(34)27(39-16)40-19-8-11-28(2)18(14-19)5-6-22-21(28)9-12-29(3)20(10-13-30(22,29)35)17-4-7-23(32)38-15-17/h14,16-17,19-22,24-27,33-35H,4-13,15H2,1-3H3/t16-,17-,19-,20+,21-,22+,24-,25+,26+,27-,28-,29+,30-/m0/s1. The Balaban J connectivity index is 1.17. The first-order valence-electron chi connectivity index (χ1n) is 15.4. The normalized spacial score (nSPS) is 51.5. The molecule has 2 heterocycles. The maximum Gasteiger partial charge on any atom is 0.305 e. The van der Waals surface area contributed by atoms with Gasteiger partial charge in [0.25, 0.3) is 5.09 Å². The molecule has 6 rings (SSSR count). The van der Waals surface area contributed by atoms with Crippen molar-refractivity contribution >= 4 is 5.97 Å². The average Bonchev–Trinajstić information content (AvgIpc) is 3.21. The summed E-state index contributed by atoms with van der Waals surface area (Å²) in [5.74, 6) is 1.14. The van der Waals surface area contributed by atoms with E-state index in [9.17, 15) is 30.2 Å². The summed E-state index contributed by atoms with van der Waals surface area (Å²) in [6, 6.07) is 0. The number of hydrogen-bond acceptors (Lipinski definition) is 10. The molecule has 0 spiro atoms. The van der Waals surface area contributed by atoms with Crippen LogP contribution in [0.3, 0.4) is 0 Å². The number of rotatable bonds is 5. The molecule has 0 aromatic heterocycles. The molecule has 0 amide bonds. The largest absolute Gasteiger partial charge is 0.465 e. The van der Waals surface area contributed by atoms with E-state index >= 15 is 0 Å². The lowest BCUT2D eigenvalue weighted by molar-refractivity contribution is -0.775. The van der Waals surface area contributed by atoms with Gasteiger partial charge in [0.15, 0.2) is 12.4 Å². The summed E-state index contributed by atoms with van der Waals surface area (Å²) in [5.41, 5.74) is 0.337. The fraction of sp³-hybridized carbons (Fsp3) is 0.900. The molecule has 11 nitrogen and oxygen atoms in total. The van der Waals surface area contributed by atoms with Gasteiger partial charge in [0.2, 0.25) is 0 Å². The van der Waals surface area contributed by atoms with Crippen LogP contribution >= 0.6 is 0 Å². The molecule has 0 bridgehead atoms. The Morgan fingerprint density at radius 3 is 2.46 bits per heavy atom. The van der Waals surface area contributed by atoms with Crippen molar-refractivity contribution in [3.63, 3.8) is 0 Å². The lowest BCUT2D eigenvalue weighted by atomic mass is 9.44. The molecule has 13 atom stereocenters. The van der Waals surface area contributed by atoms with E-state index in [1.54, 1.807) is 6.92 Å². The number of fused-ring (bicyclic) bond motifs is 5. The number of esters is 1. The van der Waals surface area contributed by atoms with Crippen molar-refractivity contribution in [1.29, 1.82) is 0 Å². The summed E-state index contributed by atoms with van der Waals surface area (Å²) in [6.45, 7) is 6.66. The zero-order valence-corrected chi connectivity index (χ0v) is 24.3. The van der Waals surface area contributed by atoms with Crippen molar-refractivity contribution < 1.29 is 44.2 Å². The molecular formula is C30H45NO10. The van der Waals surface area contributed by atoms with Crippen LogP contribution in [-0.4, -0.2) is 75.4 Å². The Hall–Kier alpha value is -1.79. The molecule has 0 radical (unpaired) electrons. The van der Waals surface area contributed by atoms with Crippen LogP contribution in [0.5, 0.6) is 0 Å². The lowest BCUT2D eigenvalue weighted by Gasteiger charge is -2.62. The maximum absolute atomic E-state index is 12.5. The van der Waals surface area contributed by atoms with E-state index in [4.69, 9.17) is 14.2 Å². The third-order valence-electron chi connectivity index (χ3n) is 12.4. The number of ether oxygens (including phenoxy) is 3. The topological polar surface area (TPSA) is 158 Å². The molecule has 4 aliphatic carbocycles. The van der Waals surface area contributed by atoms with E-state index in [-0.39, 0.29) is 28.8 Å². The third kappa shape index (κ3) is 4.61. The number of carbonyl (C=O) groups is 1. The Labute approximate surface area is 240 Å². The van der Waals surface area contributed by atoms with Crippen molar-refractivity contribution in [3.8, 4) is 0 Å². The monoisotopic (exact) mass is 579 g/mol. The van der Waals surface area contributed by atoms with Gasteiger partial charge in [0, 0.05) is 6.42 Å². The van der Waals surface area contributed by atoms with Crippen molar-refractivity contribution in [3.05, 3.63) is 21.8 Å². The molecule has 6 aliphatic rings. The quantitative estimate of drug-likeness (QED) is 0.191. The fourth-order valence-electron chi connectivity index (χ4n) is 10.1. The van der Waals surface area contributed by atoms with Crippen LogP contribution in [0.2, 0.25) is 0 Å². The van der Waals surface area contributed by atoms with Crippen LogP contribution in [-0.2, 0) is 23.8 Å². The maximum atomic E-state index is 12.5. The fourth-order valence-corrected chi connectivity index (χ4v) is 10.1. The molecule has 3 saturated carbocycles. The smallest absolute Gasteiger partial charge is 0.305 e. The SMILES string of the molecule is C[C@@H]1O[C@@H](O[C@@H]2C=C3CC[C@@H]4[C@H](CC[C@]5(C)[C@@H]([C@H]6CCC(=O)OC6)CC[C@]45O)[C@@]3(C)CC2)[C@H](O)[C@H](O[N+](=O)[O-])[C@H]1O. The summed E-state index contributed by atoms with van der Waals surface area (Å²) in [5, 5.41) is 43.3. The number of cyclic esters (lactones) is 1. The van der Waals surface area contributed by atoms with Gasteiger partial charge < -0.3 is 34.4 Å². The van der Waals surface area contributed by atoms with Crippen molar-refractivity contribution in [1.82, 2.24) is 0 Å². The second-order valence-electron chi connectivity index (χ2n) is 14.1. The van der Waals surface area contributed by atoms with Crippen molar-refractivity contribution in [2.24, 2.45) is 34.5 Å². The molecule has 5 fully saturated rings. The minimum absolute atomic E-state index is 0.0644. The first-order valence-corrected chi connectivity index (χ1v) is 15.4. The van der Waals surface area contributed by atoms with Gasteiger partial charge in [-0.15, -0.1) is 10.1 Å². The van der Waals surface area contributed by atoms with E-state index in [2.05, 4.69) is 24.8 Å². The summed E-state index contributed by atoms with van der Waals surface area (Å²) >= 11 is 0. The van der Waals surface area contributed by atoms with Gasteiger partial charge in [-0.25, -0.2) is 0 Å². The molecule has 0 aromatic rings. The Bertz CT molecular complexity index is 1070. The Morgan fingerprint density at radius 2 is 1.76 bits per heavy atom. The highest BCUT2D eigenvalue weighted by atomic mass is 17.0. The number of aliphatic hydroxyl groups is 3. The first-order chi connectivity index (χ1) is 19.4. The van der Waals surface area contributed by atoms with Gasteiger partial charge >= 0.3 is 5.97 Å². The van der Waals surface area contributed by atoms with E-state index in [0.29, 0.717) is 37.2 Å². The number of hydrogen-bond donors (Lipinski definition) is 3. The van der Waals surface area contributed by atoms with Crippen LogP contribution in [0.4, 0.5) is 0 Å². The number of aliphatic hydroxyl groups excluding tert-OH is 2. The highest BCUT2D eigenvalue weighted by Gasteiger charge is 2.67. The van der Waals surface area contributed by atoms with Gasteiger partial charge in [-0.2, -0.15) is 0 Å². The van der Waals surface area contributed by atoms with Crippen LogP contribution in [0.1, 0.15) is 85.0 Å². The third-order valence-corrected chi connectivity index (χ3v) is 12.4. The van der Waals surface area contributed by atoms with Gasteiger partial charge in [0.1, 0.15) is 12.2 Å². The van der Waals surface area contributed by atoms with Crippen LogP contribution in [0, 0.1) is 44.6 Å². The molecule has 2 aliphatic heterocycles. The number of allylic oxidation sites excluding steroid dienone is 1. The lowest BCUT2D eigenvalue weighted by Crippen LogP contribution is -2.61. The molecule has 0 aromatic carbocycles.